The maximum absolute atomic E-state index is 13.0. The van der Waals surface area contributed by atoms with Crippen LogP contribution < -0.4 is 5.32 Å². The van der Waals surface area contributed by atoms with E-state index in [1.165, 1.54) is 12.1 Å². The molecule has 102 valence electrons. The first-order chi connectivity index (χ1) is 9.51. The molecule has 2 aromatic rings. The molecular weight excluding hydrogens is 277 g/mol. The van der Waals surface area contributed by atoms with Gasteiger partial charge >= 0.3 is 0 Å². The molecule has 1 aromatic carbocycles. The Balaban J connectivity index is 2.23. The van der Waals surface area contributed by atoms with E-state index in [4.69, 9.17) is 16.9 Å². The Morgan fingerprint density at radius 3 is 2.75 bits per heavy atom. The largest absolute Gasteiger partial charge is 0.363 e. The quantitative estimate of drug-likeness (QED) is 0.920. The molecule has 0 aliphatic heterocycles. The van der Waals surface area contributed by atoms with Gasteiger partial charge < -0.3 is 5.32 Å². The molecule has 0 saturated heterocycles. The zero-order chi connectivity index (χ0) is 14.7. The minimum atomic E-state index is -0.369. The number of pyridine rings is 1. The maximum Gasteiger partial charge on any atom is 0.145 e. The molecule has 1 unspecified atom stereocenters. The van der Waals surface area contributed by atoms with Gasteiger partial charge in [-0.3, -0.25) is 0 Å². The Kier molecular flexibility index (Phi) is 4.21. The molecule has 0 aliphatic carbocycles. The summed E-state index contributed by atoms with van der Waals surface area (Å²) in [6.07, 6.45) is 0. The molecule has 2 rings (SSSR count). The zero-order valence-electron chi connectivity index (χ0n) is 11.1. The van der Waals surface area contributed by atoms with Gasteiger partial charge in [0.15, 0.2) is 0 Å². The third-order valence-corrected chi connectivity index (χ3v) is 3.32. The van der Waals surface area contributed by atoms with Crippen molar-refractivity contribution < 1.29 is 4.39 Å². The van der Waals surface area contributed by atoms with Crippen LogP contribution in [0.15, 0.2) is 30.3 Å². The summed E-state index contributed by atoms with van der Waals surface area (Å²) in [7, 11) is 0. The number of aromatic nitrogens is 1. The number of anilines is 1. The SMILES string of the molecule is Cc1ccc(NC(C)c2ccc(F)cc2Cl)nc1C#N. The Hall–Kier alpha value is -2.12. The normalized spacial score (nSPS) is 11.8. The highest BCUT2D eigenvalue weighted by Crippen LogP contribution is 2.26. The molecule has 0 radical (unpaired) electrons. The number of nitrogens with one attached hydrogen (secondary N) is 1. The second-order valence-corrected chi connectivity index (χ2v) is 4.91. The van der Waals surface area contributed by atoms with Gasteiger partial charge in [0, 0.05) is 5.02 Å². The van der Waals surface area contributed by atoms with Crippen molar-refractivity contribution in [1.82, 2.24) is 4.98 Å². The van der Waals surface area contributed by atoms with Crippen LogP contribution in [0.25, 0.3) is 0 Å². The summed E-state index contributed by atoms with van der Waals surface area (Å²) in [4.78, 5) is 4.21. The van der Waals surface area contributed by atoms with Crippen molar-refractivity contribution >= 4 is 17.4 Å². The number of rotatable bonds is 3. The fourth-order valence-electron chi connectivity index (χ4n) is 1.87. The molecule has 0 spiro atoms. The lowest BCUT2D eigenvalue weighted by Crippen LogP contribution is -2.09. The van der Waals surface area contributed by atoms with Crippen molar-refractivity contribution in [2.24, 2.45) is 0 Å². The van der Waals surface area contributed by atoms with E-state index in [0.717, 1.165) is 11.1 Å². The third-order valence-electron chi connectivity index (χ3n) is 3.00. The smallest absolute Gasteiger partial charge is 0.145 e. The summed E-state index contributed by atoms with van der Waals surface area (Å²) in [6.45, 7) is 3.72. The summed E-state index contributed by atoms with van der Waals surface area (Å²) >= 11 is 6.02. The Bertz CT molecular complexity index is 679. The van der Waals surface area contributed by atoms with Gasteiger partial charge in [0.05, 0.1) is 6.04 Å². The van der Waals surface area contributed by atoms with Gasteiger partial charge in [0.25, 0.3) is 0 Å². The Morgan fingerprint density at radius 2 is 2.10 bits per heavy atom. The second-order valence-electron chi connectivity index (χ2n) is 4.51. The van der Waals surface area contributed by atoms with Crippen LogP contribution in [0, 0.1) is 24.1 Å². The van der Waals surface area contributed by atoms with Crippen LogP contribution in [-0.2, 0) is 0 Å². The van der Waals surface area contributed by atoms with Gasteiger partial charge in [0.1, 0.15) is 23.4 Å². The van der Waals surface area contributed by atoms with Gasteiger partial charge in [-0.05, 0) is 43.2 Å². The van der Waals surface area contributed by atoms with E-state index in [0.29, 0.717) is 16.5 Å². The molecule has 0 amide bonds. The molecule has 1 atom stereocenters. The van der Waals surface area contributed by atoms with Gasteiger partial charge in [-0.15, -0.1) is 0 Å². The van der Waals surface area contributed by atoms with Crippen LogP contribution >= 0.6 is 11.6 Å². The molecule has 20 heavy (non-hydrogen) atoms. The van der Waals surface area contributed by atoms with Gasteiger partial charge in [-0.1, -0.05) is 23.7 Å². The van der Waals surface area contributed by atoms with Gasteiger partial charge in [-0.25, -0.2) is 9.37 Å². The van der Waals surface area contributed by atoms with Crippen molar-refractivity contribution in [1.29, 1.82) is 5.26 Å². The van der Waals surface area contributed by atoms with Crippen molar-refractivity contribution in [3.05, 3.63) is 58.0 Å². The highest BCUT2D eigenvalue weighted by molar-refractivity contribution is 6.31. The molecule has 0 fully saturated rings. The lowest BCUT2D eigenvalue weighted by molar-refractivity contribution is 0.626. The molecule has 0 saturated carbocycles. The average Bonchev–Trinajstić information content (AvgIpc) is 2.40. The molecule has 3 nitrogen and oxygen atoms in total. The lowest BCUT2D eigenvalue weighted by Gasteiger charge is -2.16. The van der Waals surface area contributed by atoms with E-state index in [1.807, 2.05) is 26.0 Å². The highest BCUT2D eigenvalue weighted by Gasteiger charge is 2.11. The first kappa shape index (κ1) is 14.3. The predicted octanol–water partition coefficient (Wildman–Crippen LogP) is 4.23. The highest BCUT2D eigenvalue weighted by atomic mass is 35.5. The van der Waals surface area contributed by atoms with Crippen LogP contribution in [0.1, 0.15) is 29.8 Å². The minimum Gasteiger partial charge on any atom is -0.363 e. The fraction of sp³-hybridized carbons (Fsp3) is 0.200. The van der Waals surface area contributed by atoms with Crippen LogP contribution in [-0.4, -0.2) is 4.98 Å². The predicted molar refractivity (Wildman–Crippen MR) is 77.1 cm³/mol. The zero-order valence-corrected chi connectivity index (χ0v) is 11.9. The van der Waals surface area contributed by atoms with Crippen LogP contribution in [0.5, 0.6) is 0 Å². The standard InChI is InChI=1S/C15H13ClFN3/c1-9-3-6-15(20-14(9)8-18)19-10(2)12-5-4-11(17)7-13(12)16/h3-7,10H,1-2H3,(H,19,20). The van der Waals surface area contributed by atoms with E-state index in [-0.39, 0.29) is 11.9 Å². The van der Waals surface area contributed by atoms with Crippen molar-refractivity contribution in [3.63, 3.8) is 0 Å². The van der Waals surface area contributed by atoms with Crippen LogP contribution in [0.3, 0.4) is 0 Å². The first-order valence-corrected chi connectivity index (χ1v) is 6.48. The lowest BCUT2D eigenvalue weighted by atomic mass is 10.1. The number of hydrogen-bond acceptors (Lipinski definition) is 3. The summed E-state index contributed by atoms with van der Waals surface area (Å²) in [6, 6.07) is 9.79. The van der Waals surface area contributed by atoms with Gasteiger partial charge in [0.2, 0.25) is 0 Å². The number of hydrogen-bond donors (Lipinski definition) is 1. The Labute approximate surface area is 122 Å². The fourth-order valence-corrected chi connectivity index (χ4v) is 2.21. The molecule has 1 aromatic heterocycles. The van der Waals surface area contributed by atoms with Crippen molar-refractivity contribution in [2.75, 3.05) is 5.32 Å². The number of halogens is 2. The molecule has 5 heteroatoms. The summed E-state index contributed by atoms with van der Waals surface area (Å²) in [5.74, 6) is 0.214. The molecule has 0 bridgehead atoms. The van der Waals surface area contributed by atoms with Crippen molar-refractivity contribution in [2.45, 2.75) is 19.9 Å². The van der Waals surface area contributed by atoms with E-state index in [9.17, 15) is 4.39 Å². The summed E-state index contributed by atoms with van der Waals surface area (Å²) in [5.41, 5.74) is 1.98. The molecule has 0 aliphatic rings. The Morgan fingerprint density at radius 1 is 1.35 bits per heavy atom. The van der Waals surface area contributed by atoms with Gasteiger partial charge in [-0.2, -0.15) is 5.26 Å². The number of benzene rings is 1. The second kappa shape index (κ2) is 5.89. The molecular formula is C15H13ClFN3. The van der Waals surface area contributed by atoms with E-state index in [2.05, 4.69) is 10.3 Å². The summed E-state index contributed by atoms with van der Waals surface area (Å²) < 4.78 is 13.0. The van der Waals surface area contributed by atoms with E-state index >= 15 is 0 Å². The third kappa shape index (κ3) is 3.06. The minimum absolute atomic E-state index is 0.148. The monoisotopic (exact) mass is 289 g/mol. The number of aryl methyl sites for hydroxylation is 1. The molecule has 1 heterocycles. The van der Waals surface area contributed by atoms with E-state index in [1.54, 1.807) is 12.1 Å². The summed E-state index contributed by atoms with van der Waals surface area (Å²) in [5, 5.41) is 12.5. The first-order valence-electron chi connectivity index (χ1n) is 6.10. The topological polar surface area (TPSA) is 48.7 Å². The van der Waals surface area contributed by atoms with E-state index < -0.39 is 0 Å². The maximum atomic E-state index is 13.0. The number of nitrogens with zero attached hydrogens (tertiary/aromatic N) is 2. The number of nitriles is 1. The van der Waals surface area contributed by atoms with Crippen LogP contribution in [0.2, 0.25) is 5.02 Å². The van der Waals surface area contributed by atoms with Crippen LogP contribution in [0.4, 0.5) is 10.2 Å². The average molecular weight is 290 g/mol. The van der Waals surface area contributed by atoms with Crippen molar-refractivity contribution in [3.8, 4) is 6.07 Å². The molecule has 1 N–H and O–H groups in total.